The number of hydrogen-bond acceptors (Lipinski definition) is 3. The van der Waals surface area contributed by atoms with Crippen LogP contribution in [-0.4, -0.2) is 18.0 Å². The van der Waals surface area contributed by atoms with E-state index >= 15 is 0 Å². The second-order valence-corrected chi connectivity index (χ2v) is 6.34. The Morgan fingerprint density at radius 3 is 2.48 bits per heavy atom. The van der Waals surface area contributed by atoms with Crippen LogP contribution in [0.3, 0.4) is 0 Å². The van der Waals surface area contributed by atoms with E-state index in [0.717, 1.165) is 11.1 Å². The highest BCUT2D eigenvalue weighted by molar-refractivity contribution is 5.96. The normalized spacial score (nSPS) is 10.9. The van der Waals surface area contributed by atoms with Gasteiger partial charge in [-0.3, -0.25) is 9.59 Å². The fraction of sp³-hybridized carbons (Fsp3) is 0.250. The van der Waals surface area contributed by atoms with Gasteiger partial charge in [-0.05, 0) is 42.7 Å². The third-order valence-electron chi connectivity index (χ3n) is 3.45. The highest BCUT2D eigenvalue weighted by Gasteiger charge is 2.07. The molecule has 0 aliphatic carbocycles. The number of benzene rings is 2. The van der Waals surface area contributed by atoms with Crippen molar-refractivity contribution in [1.29, 1.82) is 0 Å². The van der Waals surface area contributed by atoms with Crippen LogP contribution in [0.25, 0.3) is 0 Å². The third-order valence-corrected chi connectivity index (χ3v) is 3.45. The van der Waals surface area contributed by atoms with Gasteiger partial charge in [-0.1, -0.05) is 43.7 Å². The standard InChI is InChI=1S/C20H23N3O2/c1-14(2)11-19(24)22-18-9-7-17(8-10-18)20(25)23-21-13-16-6-4-5-15(3)12-16/h4-10,12-14H,11H2,1-3H3,(H,22,24)(H,23,25). The molecule has 0 aliphatic rings. The van der Waals surface area contributed by atoms with E-state index in [9.17, 15) is 9.59 Å². The Bertz CT molecular complexity index is 765. The fourth-order valence-corrected chi connectivity index (χ4v) is 2.27. The van der Waals surface area contributed by atoms with Crippen LogP contribution in [0.1, 0.15) is 41.8 Å². The maximum atomic E-state index is 12.1. The van der Waals surface area contributed by atoms with E-state index in [2.05, 4.69) is 15.8 Å². The van der Waals surface area contributed by atoms with E-state index in [0.29, 0.717) is 23.6 Å². The smallest absolute Gasteiger partial charge is 0.271 e. The van der Waals surface area contributed by atoms with Crippen molar-refractivity contribution >= 4 is 23.7 Å². The van der Waals surface area contributed by atoms with Gasteiger partial charge in [0.05, 0.1) is 6.21 Å². The lowest BCUT2D eigenvalue weighted by Gasteiger charge is -2.07. The van der Waals surface area contributed by atoms with Crippen molar-refractivity contribution in [2.24, 2.45) is 11.0 Å². The Morgan fingerprint density at radius 1 is 1.12 bits per heavy atom. The zero-order chi connectivity index (χ0) is 18.2. The fourth-order valence-electron chi connectivity index (χ4n) is 2.27. The van der Waals surface area contributed by atoms with Gasteiger partial charge >= 0.3 is 0 Å². The number of carbonyl (C=O) groups is 2. The molecule has 0 bridgehead atoms. The third kappa shape index (κ3) is 6.22. The maximum absolute atomic E-state index is 12.1. The predicted octanol–water partition coefficient (Wildman–Crippen LogP) is 3.74. The summed E-state index contributed by atoms with van der Waals surface area (Å²) in [5.41, 5.74) is 5.69. The predicted molar refractivity (Wildman–Crippen MR) is 101 cm³/mol. The SMILES string of the molecule is Cc1cccc(C=NNC(=O)c2ccc(NC(=O)CC(C)C)cc2)c1. The summed E-state index contributed by atoms with van der Waals surface area (Å²) in [5, 5.41) is 6.78. The summed E-state index contributed by atoms with van der Waals surface area (Å²) in [6.07, 6.45) is 2.07. The Balaban J connectivity index is 1.90. The highest BCUT2D eigenvalue weighted by Crippen LogP contribution is 2.11. The number of hydrazone groups is 1. The summed E-state index contributed by atoms with van der Waals surface area (Å²) in [6.45, 7) is 5.98. The van der Waals surface area contributed by atoms with Gasteiger partial charge in [-0.25, -0.2) is 5.43 Å². The molecule has 0 aromatic heterocycles. The summed E-state index contributed by atoms with van der Waals surface area (Å²) in [6, 6.07) is 14.5. The van der Waals surface area contributed by atoms with E-state index in [-0.39, 0.29) is 11.8 Å². The van der Waals surface area contributed by atoms with Gasteiger partial charge in [-0.2, -0.15) is 5.10 Å². The molecule has 0 saturated carbocycles. The van der Waals surface area contributed by atoms with Crippen molar-refractivity contribution in [2.75, 3.05) is 5.32 Å². The topological polar surface area (TPSA) is 70.6 Å². The van der Waals surface area contributed by atoms with Gasteiger partial charge in [0, 0.05) is 17.7 Å². The zero-order valence-corrected chi connectivity index (χ0v) is 14.7. The van der Waals surface area contributed by atoms with E-state index in [4.69, 9.17) is 0 Å². The lowest BCUT2D eigenvalue weighted by Crippen LogP contribution is -2.18. The molecule has 5 heteroatoms. The first-order chi connectivity index (χ1) is 11.9. The molecule has 0 heterocycles. The monoisotopic (exact) mass is 337 g/mol. The van der Waals surface area contributed by atoms with Gasteiger partial charge in [0.25, 0.3) is 5.91 Å². The van der Waals surface area contributed by atoms with Gasteiger partial charge in [0.1, 0.15) is 0 Å². The number of nitrogens with one attached hydrogen (secondary N) is 2. The summed E-state index contributed by atoms with van der Waals surface area (Å²) in [7, 11) is 0. The van der Waals surface area contributed by atoms with Crippen molar-refractivity contribution in [3.63, 3.8) is 0 Å². The molecular weight excluding hydrogens is 314 g/mol. The largest absolute Gasteiger partial charge is 0.326 e. The van der Waals surface area contributed by atoms with Crippen LogP contribution in [0, 0.1) is 12.8 Å². The number of aryl methyl sites for hydroxylation is 1. The van der Waals surface area contributed by atoms with Crippen molar-refractivity contribution in [2.45, 2.75) is 27.2 Å². The van der Waals surface area contributed by atoms with Crippen LogP contribution in [0.4, 0.5) is 5.69 Å². The Morgan fingerprint density at radius 2 is 1.84 bits per heavy atom. The molecule has 2 aromatic carbocycles. The number of nitrogens with zero attached hydrogens (tertiary/aromatic N) is 1. The Hall–Kier alpha value is -2.95. The molecule has 2 rings (SSSR count). The van der Waals surface area contributed by atoms with Gasteiger partial charge in [-0.15, -0.1) is 0 Å². The summed E-state index contributed by atoms with van der Waals surface area (Å²) < 4.78 is 0. The van der Waals surface area contributed by atoms with Crippen molar-refractivity contribution in [1.82, 2.24) is 5.43 Å². The lowest BCUT2D eigenvalue weighted by molar-refractivity contribution is -0.116. The van der Waals surface area contributed by atoms with Gasteiger partial charge in [0.2, 0.25) is 5.91 Å². The first kappa shape index (κ1) is 18.4. The van der Waals surface area contributed by atoms with Crippen LogP contribution >= 0.6 is 0 Å². The number of carbonyl (C=O) groups excluding carboxylic acids is 2. The lowest BCUT2D eigenvalue weighted by atomic mass is 10.1. The number of rotatable bonds is 6. The van der Waals surface area contributed by atoms with Gasteiger partial charge < -0.3 is 5.32 Å². The molecule has 2 N–H and O–H groups in total. The van der Waals surface area contributed by atoms with Crippen molar-refractivity contribution in [3.05, 3.63) is 65.2 Å². The second kappa shape index (κ2) is 8.78. The molecule has 0 spiro atoms. The molecule has 0 fully saturated rings. The molecule has 0 saturated heterocycles. The molecule has 2 aromatic rings. The zero-order valence-electron chi connectivity index (χ0n) is 14.7. The quantitative estimate of drug-likeness (QED) is 0.622. The van der Waals surface area contributed by atoms with E-state index in [1.807, 2.05) is 45.0 Å². The van der Waals surface area contributed by atoms with Crippen LogP contribution in [-0.2, 0) is 4.79 Å². The minimum atomic E-state index is -0.302. The molecular formula is C20H23N3O2. The van der Waals surface area contributed by atoms with Crippen LogP contribution in [0.2, 0.25) is 0 Å². The Labute approximate surface area is 148 Å². The van der Waals surface area contributed by atoms with Crippen molar-refractivity contribution in [3.8, 4) is 0 Å². The first-order valence-electron chi connectivity index (χ1n) is 8.24. The van der Waals surface area contributed by atoms with Crippen molar-refractivity contribution < 1.29 is 9.59 Å². The minimum absolute atomic E-state index is 0.0324. The summed E-state index contributed by atoms with van der Waals surface area (Å²) in [5.74, 6) is -0.0322. The molecule has 0 aliphatic heterocycles. The summed E-state index contributed by atoms with van der Waals surface area (Å²) in [4.78, 5) is 23.8. The van der Waals surface area contributed by atoms with E-state index < -0.39 is 0 Å². The van der Waals surface area contributed by atoms with Crippen LogP contribution < -0.4 is 10.7 Å². The highest BCUT2D eigenvalue weighted by atomic mass is 16.2. The molecule has 5 nitrogen and oxygen atoms in total. The van der Waals surface area contributed by atoms with Crippen LogP contribution in [0.15, 0.2) is 53.6 Å². The molecule has 0 atom stereocenters. The number of hydrogen-bond donors (Lipinski definition) is 2. The van der Waals surface area contributed by atoms with Gasteiger partial charge in [0.15, 0.2) is 0 Å². The molecule has 2 amide bonds. The maximum Gasteiger partial charge on any atom is 0.271 e. The van der Waals surface area contributed by atoms with Crippen LogP contribution in [0.5, 0.6) is 0 Å². The molecule has 0 unspecified atom stereocenters. The summed E-state index contributed by atoms with van der Waals surface area (Å²) >= 11 is 0. The first-order valence-corrected chi connectivity index (χ1v) is 8.24. The average Bonchev–Trinajstić information content (AvgIpc) is 2.54. The molecule has 25 heavy (non-hydrogen) atoms. The Kier molecular flexibility index (Phi) is 6.46. The van der Waals surface area contributed by atoms with E-state index in [1.165, 1.54) is 0 Å². The average molecular weight is 337 g/mol. The second-order valence-electron chi connectivity index (χ2n) is 6.34. The molecule has 0 radical (unpaired) electrons. The number of amides is 2. The number of anilines is 1. The molecule has 130 valence electrons. The minimum Gasteiger partial charge on any atom is -0.326 e. The van der Waals surface area contributed by atoms with E-state index in [1.54, 1.807) is 30.5 Å².